The molecule has 0 heterocycles. The smallest absolute Gasteiger partial charge is 0.337 e. The third-order valence-electron chi connectivity index (χ3n) is 2.92. The second-order valence-electron chi connectivity index (χ2n) is 4.51. The molecule has 2 N–H and O–H groups in total. The number of likely N-dealkylation sites (N-methyl/N-ethyl adjacent to an activating group) is 1. The fraction of sp³-hybridized carbons (Fsp3) is 0.462. The summed E-state index contributed by atoms with van der Waals surface area (Å²) in [5.41, 5.74) is 3.05. The number of carbonyl (C=O) groups excluding carboxylic acids is 1. The summed E-state index contributed by atoms with van der Waals surface area (Å²) in [5.74, 6) is -1.12. The summed E-state index contributed by atoms with van der Waals surface area (Å²) in [6, 6.07) is 8.82. The van der Waals surface area contributed by atoms with Gasteiger partial charge in [-0.25, -0.2) is 0 Å². The number of hydrogen-bond acceptors (Lipinski definition) is 2. The highest BCUT2D eigenvalue weighted by Gasteiger charge is 2.55. The molecule has 1 amide bonds. The molecule has 0 aliphatic carbocycles. The average Bonchev–Trinajstić information content (AvgIpc) is 2.35. The van der Waals surface area contributed by atoms with Crippen molar-refractivity contribution in [3.8, 4) is 0 Å². The third kappa shape index (κ3) is 3.47. The Kier molecular flexibility index (Phi) is 4.57. The number of alkyl halides is 3. The molecule has 1 unspecified atom stereocenters. The van der Waals surface area contributed by atoms with Gasteiger partial charge in [-0.05, 0) is 19.4 Å². The van der Waals surface area contributed by atoms with E-state index in [2.05, 4.69) is 0 Å². The van der Waals surface area contributed by atoms with Gasteiger partial charge in [-0.1, -0.05) is 30.3 Å². The fourth-order valence-electron chi connectivity index (χ4n) is 1.58. The van der Waals surface area contributed by atoms with E-state index >= 15 is 0 Å². The Bertz CT molecular complexity index is 429. The van der Waals surface area contributed by atoms with E-state index in [4.69, 9.17) is 5.73 Å². The van der Waals surface area contributed by atoms with Gasteiger partial charge in [0.05, 0.1) is 0 Å². The molecule has 0 aliphatic heterocycles. The van der Waals surface area contributed by atoms with Crippen molar-refractivity contribution < 1.29 is 18.0 Å². The van der Waals surface area contributed by atoms with Gasteiger partial charge in [0.15, 0.2) is 5.54 Å². The van der Waals surface area contributed by atoms with Crippen molar-refractivity contribution in [1.82, 2.24) is 4.90 Å². The van der Waals surface area contributed by atoms with Gasteiger partial charge in [-0.15, -0.1) is 0 Å². The maximum absolute atomic E-state index is 12.7. The zero-order valence-electron chi connectivity index (χ0n) is 10.9. The van der Waals surface area contributed by atoms with Gasteiger partial charge < -0.3 is 10.6 Å². The Hall–Kier alpha value is -1.56. The molecular formula is C13H17F3N2O. The monoisotopic (exact) mass is 274 g/mol. The van der Waals surface area contributed by atoms with Crippen LogP contribution in [0.5, 0.6) is 0 Å². The van der Waals surface area contributed by atoms with Crippen LogP contribution in [-0.2, 0) is 11.3 Å². The van der Waals surface area contributed by atoms with E-state index in [1.54, 1.807) is 37.3 Å². The number of rotatable bonds is 4. The first kappa shape index (κ1) is 15.5. The van der Waals surface area contributed by atoms with Crippen LogP contribution in [0.15, 0.2) is 30.3 Å². The van der Waals surface area contributed by atoms with Crippen molar-refractivity contribution in [1.29, 1.82) is 0 Å². The van der Waals surface area contributed by atoms with Crippen LogP contribution in [0.4, 0.5) is 13.2 Å². The normalized spacial score (nSPS) is 14.8. The molecular weight excluding hydrogens is 257 g/mol. The molecule has 1 aromatic carbocycles. The first-order valence-corrected chi connectivity index (χ1v) is 5.89. The van der Waals surface area contributed by atoms with Crippen LogP contribution in [-0.4, -0.2) is 29.1 Å². The fourth-order valence-corrected chi connectivity index (χ4v) is 1.58. The summed E-state index contributed by atoms with van der Waals surface area (Å²) in [4.78, 5) is 13.0. The van der Waals surface area contributed by atoms with Crippen LogP contribution >= 0.6 is 0 Å². The van der Waals surface area contributed by atoms with Crippen molar-refractivity contribution in [3.63, 3.8) is 0 Å². The lowest BCUT2D eigenvalue weighted by molar-refractivity contribution is -0.194. The maximum Gasteiger partial charge on any atom is 0.415 e. The van der Waals surface area contributed by atoms with Gasteiger partial charge in [-0.3, -0.25) is 4.79 Å². The van der Waals surface area contributed by atoms with Crippen LogP contribution < -0.4 is 5.73 Å². The average molecular weight is 274 g/mol. The summed E-state index contributed by atoms with van der Waals surface area (Å²) < 4.78 is 38.2. The molecule has 3 nitrogen and oxygen atoms in total. The number of benzene rings is 1. The molecule has 19 heavy (non-hydrogen) atoms. The van der Waals surface area contributed by atoms with E-state index < -0.39 is 17.6 Å². The summed E-state index contributed by atoms with van der Waals surface area (Å²) in [6.07, 6.45) is -4.77. The Balaban J connectivity index is 2.89. The lowest BCUT2D eigenvalue weighted by Gasteiger charge is -2.32. The van der Waals surface area contributed by atoms with E-state index in [0.717, 1.165) is 10.5 Å². The SMILES string of the molecule is CCN(Cc1ccccc1)C(=O)C(C)(N)C(F)(F)F. The van der Waals surface area contributed by atoms with Crippen LogP contribution in [0.2, 0.25) is 0 Å². The standard InChI is InChI=1S/C13H17F3N2O/c1-3-18(9-10-7-5-4-6-8-10)11(19)12(2,17)13(14,15)16/h4-8H,3,9,17H2,1-2H3. The highest BCUT2D eigenvalue weighted by atomic mass is 19.4. The Morgan fingerprint density at radius 1 is 1.26 bits per heavy atom. The van der Waals surface area contributed by atoms with Gasteiger partial charge in [0.25, 0.3) is 5.91 Å². The molecule has 1 rings (SSSR count). The predicted octanol–water partition coefficient (Wildman–Crippen LogP) is 2.31. The van der Waals surface area contributed by atoms with Crippen molar-refractivity contribution in [2.75, 3.05) is 6.54 Å². The predicted molar refractivity (Wildman–Crippen MR) is 66.2 cm³/mol. The molecule has 1 atom stereocenters. The summed E-state index contributed by atoms with van der Waals surface area (Å²) in [5, 5.41) is 0. The zero-order valence-corrected chi connectivity index (χ0v) is 10.9. The van der Waals surface area contributed by atoms with Crippen molar-refractivity contribution >= 4 is 5.91 Å². The zero-order chi connectivity index (χ0) is 14.7. The first-order valence-electron chi connectivity index (χ1n) is 5.89. The number of hydrogen-bond donors (Lipinski definition) is 1. The van der Waals surface area contributed by atoms with Crippen LogP contribution in [0.3, 0.4) is 0 Å². The maximum atomic E-state index is 12.7. The summed E-state index contributed by atoms with van der Waals surface area (Å²) in [7, 11) is 0. The Morgan fingerprint density at radius 3 is 2.21 bits per heavy atom. The number of nitrogens with two attached hydrogens (primary N) is 1. The van der Waals surface area contributed by atoms with E-state index in [-0.39, 0.29) is 13.1 Å². The van der Waals surface area contributed by atoms with E-state index in [9.17, 15) is 18.0 Å². The van der Waals surface area contributed by atoms with Crippen LogP contribution in [0.25, 0.3) is 0 Å². The molecule has 0 saturated heterocycles. The topological polar surface area (TPSA) is 46.3 Å². The minimum Gasteiger partial charge on any atom is -0.337 e. The minimum atomic E-state index is -4.77. The molecule has 1 aromatic rings. The van der Waals surface area contributed by atoms with E-state index in [0.29, 0.717) is 6.92 Å². The molecule has 6 heteroatoms. The molecule has 0 radical (unpaired) electrons. The highest BCUT2D eigenvalue weighted by molar-refractivity contribution is 5.86. The van der Waals surface area contributed by atoms with Gasteiger partial charge in [0, 0.05) is 13.1 Å². The second kappa shape index (κ2) is 5.61. The highest BCUT2D eigenvalue weighted by Crippen LogP contribution is 2.29. The van der Waals surface area contributed by atoms with Crippen LogP contribution in [0, 0.1) is 0 Å². The molecule has 0 saturated carbocycles. The van der Waals surface area contributed by atoms with E-state index in [1.807, 2.05) is 0 Å². The van der Waals surface area contributed by atoms with Gasteiger partial charge in [0.2, 0.25) is 0 Å². The third-order valence-corrected chi connectivity index (χ3v) is 2.92. The van der Waals surface area contributed by atoms with Crippen LogP contribution in [0.1, 0.15) is 19.4 Å². The molecule has 106 valence electrons. The van der Waals surface area contributed by atoms with Gasteiger partial charge >= 0.3 is 6.18 Å². The Morgan fingerprint density at radius 2 is 1.79 bits per heavy atom. The number of halogens is 3. The van der Waals surface area contributed by atoms with Crippen molar-refractivity contribution in [2.45, 2.75) is 32.1 Å². The first-order chi connectivity index (χ1) is 8.70. The molecule has 0 fully saturated rings. The molecule has 0 bridgehead atoms. The quantitative estimate of drug-likeness (QED) is 0.915. The lowest BCUT2D eigenvalue weighted by Crippen LogP contribution is -2.62. The number of carbonyl (C=O) groups is 1. The number of amides is 1. The Labute approximate surface area is 110 Å². The van der Waals surface area contributed by atoms with E-state index in [1.165, 1.54) is 0 Å². The lowest BCUT2D eigenvalue weighted by atomic mass is 10.0. The molecule has 0 aliphatic rings. The molecule has 0 spiro atoms. The summed E-state index contributed by atoms with van der Waals surface area (Å²) >= 11 is 0. The van der Waals surface area contributed by atoms with Gasteiger partial charge in [0.1, 0.15) is 0 Å². The summed E-state index contributed by atoms with van der Waals surface area (Å²) in [6.45, 7) is 2.59. The minimum absolute atomic E-state index is 0.110. The second-order valence-corrected chi connectivity index (χ2v) is 4.51. The largest absolute Gasteiger partial charge is 0.415 e. The molecule has 0 aromatic heterocycles. The van der Waals surface area contributed by atoms with Crippen molar-refractivity contribution in [2.24, 2.45) is 5.73 Å². The van der Waals surface area contributed by atoms with Crippen molar-refractivity contribution in [3.05, 3.63) is 35.9 Å². The number of nitrogens with zero attached hydrogens (tertiary/aromatic N) is 1. The van der Waals surface area contributed by atoms with Gasteiger partial charge in [-0.2, -0.15) is 13.2 Å².